The summed E-state index contributed by atoms with van der Waals surface area (Å²) in [5.74, 6) is 0.0758. The van der Waals surface area contributed by atoms with E-state index in [-0.39, 0.29) is 25.0 Å². The van der Waals surface area contributed by atoms with E-state index in [1.54, 1.807) is 28.0 Å². The molecule has 1 saturated carbocycles. The number of rotatable bonds is 4. The van der Waals surface area contributed by atoms with Crippen LogP contribution in [0.15, 0.2) is 18.2 Å². The van der Waals surface area contributed by atoms with Crippen molar-refractivity contribution in [2.75, 3.05) is 33.0 Å². The highest BCUT2D eigenvalue weighted by atomic mass is 16.7. The van der Waals surface area contributed by atoms with E-state index in [4.69, 9.17) is 9.47 Å². The molecular formula is C19H22N2O6. The van der Waals surface area contributed by atoms with E-state index < -0.39 is 11.4 Å². The first kappa shape index (κ1) is 17.6. The fourth-order valence-electron chi connectivity index (χ4n) is 3.84. The Labute approximate surface area is 156 Å². The Morgan fingerprint density at radius 3 is 2.30 bits per heavy atom. The minimum atomic E-state index is -0.878. The number of benzene rings is 1. The molecule has 4 rings (SSSR count). The summed E-state index contributed by atoms with van der Waals surface area (Å²) >= 11 is 0. The predicted molar refractivity (Wildman–Crippen MR) is 93.6 cm³/mol. The second-order valence-electron chi connectivity index (χ2n) is 7.36. The van der Waals surface area contributed by atoms with Gasteiger partial charge in [0.05, 0.1) is 5.41 Å². The lowest BCUT2D eigenvalue weighted by atomic mass is 9.66. The van der Waals surface area contributed by atoms with Crippen LogP contribution in [0.25, 0.3) is 0 Å². The molecule has 2 aliphatic heterocycles. The van der Waals surface area contributed by atoms with Gasteiger partial charge in [-0.25, -0.2) is 0 Å². The lowest BCUT2D eigenvalue weighted by Crippen LogP contribution is -2.52. The van der Waals surface area contributed by atoms with Crippen molar-refractivity contribution in [1.82, 2.24) is 9.80 Å². The van der Waals surface area contributed by atoms with Gasteiger partial charge in [0.15, 0.2) is 11.5 Å². The van der Waals surface area contributed by atoms with Crippen molar-refractivity contribution in [2.24, 2.45) is 5.41 Å². The van der Waals surface area contributed by atoms with E-state index in [0.717, 1.165) is 6.42 Å². The zero-order valence-corrected chi connectivity index (χ0v) is 15.0. The summed E-state index contributed by atoms with van der Waals surface area (Å²) in [5.41, 5.74) is -0.352. The van der Waals surface area contributed by atoms with Crippen molar-refractivity contribution in [3.8, 4) is 11.5 Å². The molecule has 0 bridgehead atoms. The minimum Gasteiger partial charge on any atom is -0.481 e. The van der Waals surface area contributed by atoms with Crippen LogP contribution in [0, 0.1) is 5.41 Å². The summed E-state index contributed by atoms with van der Waals surface area (Å²) in [6.45, 7) is 1.86. The fourth-order valence-corrected chi connectivity index (χ4v) is 3.84. The first-order valence-corrected chi connectivity index (χ1v) is 9.19. The molecule has 2 heterocycles. The van der Waals surface area contributed by atoms with E-state index in [1.807, 2.05) is 0 Å². The van der Waals surface area contributed by atoms with Gasteiger partial charge in [0.2, 0.25) is 12.7 Å². The molecule has 0 aromatic heterocycles. The number of piperazine rings is 1. The van der Waals surface area contributed by atoms with E-state index >= 15 is 0 Å². The normalized spacial score (nSPS) is 20.1. The molecule has 1 saturated heterocycles. The highest BCUT2D eigenvalue weighted by molar-refractivity contribution is 5.95. The molecule has 8 heteroatoms. The molecule has 144 valence electrons. The van der Waals surface area contributed by atoms with Gasteiger partial charge in [-0.2, -0.15) is 0 Å². The zero-order chi connectivity index (χ0) is 19.0. The molecule has 0 radical (unpaired) electrons. The number of hydrogen-bond acceptors (Lipinski definition) is 5. The quantitative estimate of drug-likeness (QED) is 0.854. The monoisotopic (exact) mass is 374 g/mol. The topological polar surface area (TPSA) is 96.4 Å². The zero-order valence-electron chi connectivity index (χ0n) is 15.0. The van der Waals surface area contributed by atoms with Gasteiger partial charge in [-0.1, -0.05) is 6.42 Å². The number of hydrogen-bond donors (Lipinski definition) is 1. The molecule has 27 heavy (non-hydrogen) atoms. The number of ether oxygens (including phenoxy) is 2. The van der Waals surface area contributed by atoms with E-state index in [2.05, 4.69) is 0 Å². The third-order valence-electron chi connectivity index (χ3n) is 5.79. The Balaban J connectivity index is 1.34. The SMILES string of the molecule is O=C(CC1(C(=O)O)CCC1)N1CCN(C(=O)c2ccc3c(c2)OCO3)CC1. The van der Waals surface area contributed by atoms with Crippen LogP contribution in [-0.2, 0) is 9.59 Å². The molecule has 8 nitrogen and oxygen atoms in total. The number of nitrogens with zero attached hydrogens (tertiary/aromatic N) is 2. The maximum atomic E-state index is 12.7. The van der Waals surface area contributed by atoms with Crippen LogP contribution in [0.1, 0.15) is 36.0 Å². The maximum Gasteiger partial charge on any atom is 0.310 e. The van der Waals surface area contributed by atoms with Gasteiger partial charge < -0.3 is 24.4 Å². The van der Waals surface area contributed by atoms with Crippen LogP contribution in [0.5, 0.6) is 11.5 Å². The van der Waals surface area contributed by atoms with E-state index in [0.29, 0.717) is 56.1 Å². The molecule has 1 N–H and O–H groups in total. The average molecular weight is 374 g/mol. The van der Waals surface area contributed by atoms with Crippen LogP contribution < -0.4 is 9.47 Å². The van der Waals surface area contributed by atoms with E-state index in [1.165, 1.54) is 0 Å². The van der Waals surface area contributed by atoms with Gasteiger partial charge in [0, 0.05) is 38.2 Å². The van der Waals surface area contributed by atoms with Crippen molar-refractivity contribution in [1.29, 1.82) is 0 Å². The van der Waals surface area contributed by atoms with Crippen LogP contribution in [0.3, 0.4) is 0 Å². The fraction of sp³-hybridized carbons (Fsp3) is 0.526. The summed E-state index contributed by atoms with van der Waals surface area (Å²) in [7, 11) is 0. The Hall–Kier alpha value is -2.77. The highest BCUT2D eigenvalue weighted by Gasteiger charge is 2.46. The van der Waals surface area contributed by atoms with Gasteiger partial charge in [-0.05, 0) is 31.0 Å². The Bertz CT molecular complexity index is 780. The number of carbonyl (C=O) groups excluding carboxylic acids is 2. The maximum absolute atomic E-state index is 12.7. The third kappa shape index (κ3) is 3.20. The molecule has 3 aliphatic rings. The summed E-state index contributed by atoms with van der Waals surface area (Å²) in [5, 5.41) is 9.40. The number of carboxylic acids is 1. The average Bonchev–Trinajstić information content (AvgIpc) is 3.11. The number of carbonyl (C=O) groups is 3. The lowest BCUT2D eigenvalue weighted by Gasteiger charge is -2.40. The molecule has 2 fully saturated rings. The van der Waals surface area contributed by atoms with Crippen molar-refractivity contribution < 1.29 is 29.0 Å². The molecule has 1 aliphatic carbocycles. The first-order valence-electron chi connectivity index (χ1n) is 9.19. The molecular weight excluding hydrogens is 352 g/mol. The standard InChI is InChI=1S/C19H22N2O6/c22-16(11-19(18(24)25)4-1-5-19)20-6-8-21(9-7-20)17(23)13-2-3-14-15(10-13)27-12-26-14/h2-3,10H,1,4-9,11-12H2,(H,24,25). The van der Waals surface area contributed by atoms with Crippen LogP contribution >= 0.6 is 0 Å². The summed E-state index contributed by atoms with van der Waals surface area (Å²) in [6, 6.07) is 5.11. The molecule has 2 amide bonds. The molecule has 0 unspecified atom stereocenters. The van der Waals surface area contributed by atoms with Crippen LogP contribution in [-0.4, -0.2) is 65.7 Å². The Kier molecular flexibility index (Phi) is 4.41. The van der Waals surface area contributed by atoms with Crippen molar-refractivity contribution >= 4 is 17.8 Å². The second kappa shape index (κ2) is 6.75. The Morgan fingerprint density at radius 2 is 1.67 bits per heavy atom. The molecule has 0 atom stereocenters. The molecule has 1 aromatic carbocycles. The van der Waals surface area contributed by atoms with E-state index in [9.17, 15) is 19.5 Å². The Morgan fingerprint density at radius 1 is 1.00 bits per heavy atom. The smallest absolute Gasteiger partial charge is 0.310 e. The largest absolute Gasteiger partial charge is 0.481 e. The van der Waals surface area contributed by atoms with Gasteiger partial charge in [0.25, 0.3) is 5.91 Å². The number of carboxylic acid groups (broad SMARTS) is 1. The van der Waals surface area contributed by atoms with Crippen molar-refractivity contribution in [3.63, 3.8) is 0 Å². The van der Waals surface area contributed by atoms with Crippen molar-refractivity contribution in [2.45, 2.75) is 25.7 Å². The lowest BCUT2D eigenvalue weighted by molar-refractivity contribution is -0.159. The van der Waals surface area contributed by atoms with Crippen molar-refractivity contribution in [3.05, 3.63) is 23.8 Å². The van der Waals surface area contributed by atoms with Gasteiger partial charge in [-0.3, -0.25) is 14.4 Å². The van der Waals surface area contributed by atoms with Gasteiger partial charge in [-0.15, -0.1) is 0 Å². The van der Waals surface area contributed by atoms with Gasteiger partial charge >= 0.3 is 5.97 Å². The second-order valence-corrected chi connectivity index (χ2v) is 7.36. The highest BCUT2D eigenvalue weighted by Crippen LogP contribution is 2.44. The number of amides is 2. The summed E-state index contributed by atoms with van der Waals surface area (Å²) in [6.07, 6.45) is 2.04. The summed E-state index contributed by atoms with van der Waals surface area (Å²) in [4.78, 5) is 40.0. The molecule has 0 spiro atoms. The molecule has 1 aromatic rings. The van der Waals surface area contributed by atoms with Crippen LogP contribution in [0.4, 0.5) is 0 Å². The minimum absolute atomic E-state index is 0.0540. The number of aliphatic carboxylic acids is 1. The first-order chi connectivity index (χ1) is 13.0. The van der Waals surface area contributed by atoms with Gasteiger partial charge in [0.1, 0.15) is 0 Å². The summed E-state index contributed by atoms with van der Waals surface area (Å²) < 4.78 is 10.6. The predicted octanol–water partition coefficient (Wildman–Crippen LogP) is 1.34. The number of fused-ring (bicyclic) bond motifs is 1. The van der Waals surface area contributed by atoms with Crippen LogP contribution in [0.2, 0.25) is 0 Å². The third-order valence-corrected chi connectivity index (χ3v) is 5.79.